The highest BCUT2D eigenvalue weighted by molar-refractivity contribution is 6.32. The summed E-state index contributed by atoms with van der Waals surface area (Å²) in [4.78, 5) is 17.0. The first-order valence-electron chi connectivity index (χ1n) is 11.3. The van der Waals surface area contributed by atoms with E-state index in [1.54, 1.807) is 0 Å². The second-order valence-corrected chi connectivity index (χ2v) is 8.66. The molecule has 7 heteroatoms. The summed E-state index contributed by atoms with van der Waals surface area (Å²) >= 11 is 6.25. The largest absolute Gasteiger partial charge is 0.494 e. The molecule has 4 rings (SSSR count). The molecule has 1 N–H and O–H groups in total. The van der Waals surface area contributed by atoms with Gasteiger partial charge in [-0.15, -0.1) is 0 Å². The van der Waals surface area contributed by atoms with Gasteiger partial charge < -0.3 is 19.4 Å². The van der Waals surface area contributed by atoms with E-state index in [2.05, 4.69) is 16.0 Å². The smallest absolute Gasteiger partial charge is 0.249 e. The van der Waals surface area contributed by atoms with Crippen molar-refractivity contribution < 1.29 is 14.3 Å². The Morgan fingerprint density at radius 2 is 2.06 bits per heavy atom. The number of ether oxygens (including phenoxy) is 2. The number of carbonyl (C=O) groups is 1. The molecule has 0 aliphatic carbocycles. The molecule has 1 unspecified atom stereocenters. The first-order valence-corrected chi connectivity index (χ1v) is 11.6. The Morgan fingerprint density at radius 1 is 1.28 bits per heavy atom. The van der Waals surface area contributed by atoms with Crippen LogP contribution < -0.4 is 10.1 Å². The number of aryl methyl sites for hydroxylation is 3. The second kappa shape index (κ2) is 10.4. The lowest BCUT2D eigenvalue weighted by atomic mass is 10.1. The van der Waals surface area contributed by atoms with Crippen LogP contribution >= 0.6 is 11.6 Å². The summed E-state index contributed by atoms with van der Waals surface area (Å²) in [6.07, 6.45) is 2.97. The first kappa shape index (κ1) is 22.6. The average Bonchev–Trinajstić information content (AvgIpc) is 3.43. The van der Waals surface area contributed by atoms with Gasteiger partial charge >= 0.3 is 0 Å². The van der Waals surface area contributed by atoms with E-state index >= 15 is 0 Å². The van der Waals surface area contributed by atoms with E-state index in [4.69, 9.17) is 26.1 Å². The Kier molecular flexibility index (Phi) is 7.33. The first-order chi connectivity index (χ1) is 15.5. The number of nitrogens with zero attached hydrogens (tertiary/aromatic N) is 2. The van der Waals surface area contributed by atoms with E-state index < -0.39 is 0 Å². The molecule has 2 aromatic carbocycles. The lowest BCUT2D eigenvalue weighted by Crippen LogP contribution is -2.35. The maximum Gasteiger partial charge on any atom is 0.249 e. The second-order valence-electron chi connectivity index (χ2n) is 8.28. The highest BCUT2D eigenvalue weighted by atomic mass is 35.5. The van der Waals surface area contributed by atoms with E-state index in [1.165, 1.54) is 0 Å². The number of nitrogens with one attached hydrogen (secondary N) is 1. The van der Waals surface area contributed by atoms with Crippen LogP contribution in [0.15, 0.2) is 36.4 Å². The van der Waals surface area contributed by atoms with Crippen LogP contribution in [0.4, 0.5) is 0 Å². The molecule has 3 aromatic rings. The molecule has 1 fully saturated rings. The summed E-state index contributed by atoms with van der Waals surface area (Å²) < 4.78 is 13.7. The van der Waals surface area contributed by atoms with Crippen molar-refractivity contribution in [3.05, 3.63) is 58.4 Å². The van der Waals surface area contributed by atoms with Crippen LogP contribution in [0.5, 0.6) is 5.75 Å². The number of aromatic nitrogens is 2. The maximum atomic E-state index is 12.2. The molecule has 0 saturated carbocycles. The standard InChI is InChI=1S/C25H30ClN3O3/c1-17-15-19(16-18(2)24(17)26)31-14-6-12-29-21-8-4-3-7-20(21)28-23(29)10-11-27-25(30)22-9-5-13-32-22/h3-4,7-8,15-16,22H,5-6,9-14H2,1-2H3,(H,27,30). The fourth-order valence-electron chi connectivity index (χ4n) is 4.16. The molecular weight excluding hydrogens is 426 g/mol. The van der Waals surface area contributed by atoms with Crippen molar-refractivity contribution in [2.45, 2.75) is 52.2 Å². The zero-order valence-electron chi connectivity index (χ0n) is 18.7. The number of fused-ring (bicyclic) bond motifs is 1. The maximum absolute atomic E-state index is 12.2. The normalized spacial score (nSPS) is 15.9. The molecule has 1 atom stereocenters. The van der Waals surface area contributed by atoms with Crippen molar-refractivity contribution in [1.29, 1.82) is 0 Å². The highest BCUT2D eigenvalue weighted by Gasteiger charge is 2.23. The third-order valence-electron chi connectivity index (χ3n) is 5.81. The molecule has 1 aliphatic rings. The highest BCUT2D eigenvalue weighted by Crippen LogP contribution is 2.26. The van der Waals surface area contributed by atoms with Gasteiger partial charge in [0.1, 0.15) is 17.7 Å². The molecule has 170 valence electrons. The van der Waals surface area contributed by atoms with Crippen LogP contribution in [0, 0.1) is 13.8 Å². The minimum atomic E-state index is -0.300. The molecule has 32 heavy (non-hydrogen) atoms. The summed E-state index contributed by atoms with van der Waals surface area (Å²) in [5, 5.41) is 3.79. The Bertz CT molecular complexity index is 1070. The van der Waals surface area contributed by atoms with Gasteiger partial charge in [-0.3, -0.25) is 4.79 Å². The summed E-state index contributed by atoms with van der Waals surface area (Å²) in [6.45, 7) is 6.59. The van der Waals surface area contributed by atoms with Crippen molar-refractivity contribution in [2.24, 2.45) is 0 Å². The van der Waals surface area contributed by atoms with Crippen molar-refractivity contribution >= 4 is 28.5 Å². The predicted molar refractivity (Wildman–Crippen MR) is 126 cm³/mol. The van der Waals surface area contributed by atoms with Gasteiger partial charge in [0.2, 0.25) is 5.91 Å². The van der Waals surface area contributed by atoms with Gasteiger partial charge in [-0.2, -0.15) is 0 Å². The molecule has 0 radical (unpaired) electrons. The van der Waals surface area contributed by atoms with Crippen LogP contribution in [0.2, 0.25) is 5.02 Å². The number of amides is 1. The summed E-state index contributed by atoms with van der Waals surface area (Å²) in [5.74, 6) is 1.79. The van der Waals surface area contributed by atoms with Crippen molar-refractivity contribution in [1.82, 2.24) is 14.9 Å². The topological polar surface area (TPSA) is 65.4 Å². The minimum Gasteiger partial charge on any atom is -0.494 e. The van der Waals surface area contributed by atoms with E-state index in [1.807, 2.05) is 44.2 Å². The monoisotopic (exact) mass is 455 g/mol. The number of para-hydroxylation sites is 2. The van der Waals surface area contributed by atoms with Gasteiger partial charge in [-0.05, 0) is 68.5 Å². The van der Waals surface area contributed by atoms with Crippen molar-refractivity contribution in [2.75, 3.05) is 19.8 Å². The molecule has 0 spiro atoms. The number of benzene rings is 2. The van der Waals surface area contributed by atoms with Crippen molar-refractivity contribution in [3.63, 3.8) is 0 Å². The average molecular weight is 456 g/mol. The Hall–Kier alpha value is -2.57. The Balaban J connectivity index is 1.36. The van der Waals surface area contributed by atoms with Crippen LogP contribution in [0.3, 0.4) is 0 Å². The summed E-state index contributed by atoms with van der Waals surface area (Å²) in [5.41, 5.74) is 4.12. The molecule has 2 heterocycles. The summed E-state index contributed by atoms with van der Waals surface area (Å²) in [7, 11) is 0. The Labute approximate surface area is 193 Å². The van der Waals surface area contributed by atoms with Gasteiger partial charge in [0.25, 0.3) is 0 Å². The van der Waals surface area contributed by atoms with Gasteiger partial charge in [0.15, 0.2) is 0 Å². The van der Waals surface area contributed by atoms with Gasteiger partial charge in [-0.1, -0.05) is 23.7 Å². The number of carbonyl (C=O) groups excluding carboxylic acids is 1. The number of imidazole rings is 1. The Morgan fingerprint density at radius 3 is 2.81 bits per heavy atom. The van der Waals surface area contributed by atoms with E-state index in [0.29, 0.717) is 26.2 Å². The molecule has 0 bridgehead atoms. The molecule has 1 amide bonds. The quantitative estimate of drug-likeness (QED) is 0.478. The molecular formula is C25H30ClN3O3. The number of hydrogen-bond donors (Lipinski definition) is 1. The fourth-order valence-corrected chi connectivity index (χ4v) is 4.27. The fraction of sp³-hybridized carbons (Fsp3) is 0.440. The lowest BCUT2D eigenvalue weighted by Gasteiger charge is -2.13. The third kappa shape index (κ3) is 5.25. The van der Waals surface area contributed by atoms with Gasteiger partial charge in [0.05, 0.1) is 17.6 Å². The molecule has 1 saturated heterocycles. The van der Waals surface area contributed by atoms with Gasteiger partial charge in [0, 0.05) is 31.1 Å². The van der Waals surface area contributed by atoms with Crippen LogP contribution in [0.1, 0.15) is 36.2 Å². The van der Waals surface area contributed by atoms with E-state index in [0.717, 1.165) is 64.6 Å². The van der Waals surface area contributed by atoms with Crippen molar-refractivity contribution in [3.8, 4) is 5.75 Å². The number of hydrogen-bond acceptors (Lipinski definition) is 4. The SMILES string of the molecule is Cc1cc(OCCCn2c(CCNC(=O)C3CCCO3)nc3ccccc32)cc(C)c1Cl. The lowest BCUT2D eigenvalue weighted by molar-refractivity contribution is -0.130. The van der Waals surface area contributed by atoms with Crippen LogP contribution in [0.25, 0.3) is 11.0 Å². The number of rotatable bonds is 9. The third-order valence-corrected chi connectivity index (χ3v) is 6.40. The van der Waals surface area contributed by atoms with Gasteiger partial charge in [-0.25, -0.2) is 4.98 Å². The zero-order valence-corrected chi connectivity index (χ0v) is 19.5. The summed E-state index contributed by atoms with van der Waals surface area (Å²) in [6, 6.07) is 12.1. The zero-order chi connectivity index (χ0) is 22.5. The molecule has 1 aliphatic heterocycles. The van der Waals surface area contributed by atoms with Crippen LogP contribution in [-0.2, 0) is 22.5 Å². The minimum absolute atomic E-state index is 0.0212. The van der Waals surface area contributed by atoms with E-state index in [9.17, 15) is 4.79 Å². The molecule has 1 aromatic heterocycles. The number of halogens is 1. The molecule has 6 nitrogen and oxygen atoms in total. The van der Waals surface area contributed by atoms with E-state index in [-0.39, 0.29) is 12.0 Å². The predicted octanol–water partition coefficient (Wildman–Crippen LogP) is 4.61. The van der Waals surface area contributed by atoms with Crippen LogP contribution in [-0.4, -0.2) is 41.3 Å².